The maximum absolute atomic E-state index is 13.8. The molecule has 0 bridgehead atoms. The molecule has 0 saturated carbocycles. The molecule has 4 nitrogen and oxygen atoms in total. The maximum Gasteiger partial charge on any atom is 0.248 e. The van der Waals surface area contributed by atoms with Gasteiger partial charge in [0.15, 0.2) is 4.90 Å². The highest BCUT2D eigenvalue weighted by molar-refractivity contribution is 7.91. The molecule has 2 heterocycles. The molecule has 2 aliphatic rings. The van der Waals surface area contributed by atoms with Crippen molar-refractivity contribution in [3.63, 3.8) is 0 Å². The summed E-state index contributed by atoms with van der Waals surface area (Å²) in [5, 5.41) is 6.41. The second kappa shape index (κ2) is 6.44. The van der Waals surface area contributed by atoms with Crippen molar-refractivity contribution in [2.24, 2.45) is 11.0 Å². The van der Waals surface area contributed by atoms with Gasteiger partial charge in [0, 0.05) is 23.8 Å². The van der Waals surface area contributed by atoms with Crippen LogP contribution < -0.4 is 5.01 Å². The van der Waals surface area contributed by atoms with Crippen molar-refractivity contribution >= 4 is 40.1 Å². The molecule has 0 saturated heterocycles. The highest BCUT2D eigenvalue weighted by Gasteiger charge is 2.37. The van der Waals surface area contributed by atoms with E-state index in [1.807, 2.05) is 0 Å². The predicted octanol–water partition coefficient (Wildman–Crippen LogP) is 3.75. The van der Waals surface area contributed by atoms with Gasteiger partial charge in [-0.05, 0) is 53.6 Å². The van der Waals surface area contributed by atoms with Crippen LogP contribution in [0.25, 0.3) is 0 Å². The van der Waals surface area contributed by atoms with Crippen molar-refractivity contribution < 1.29 is 13.7 Å². The molecule has 0 spiro atoms. The van der Waals surface area contributed by atoms with Crippen LogP contribution >= 0.6 is 11.6 Å². The number of benzene rings is 2. The van der Waals surface area contributed by atoms with E-state index in [-0.39, 0.29) is 18.2 Å². The zero-order valence-corrected chi connectivity index (χ0v) is 14.7. The normalized spacial score (nSPS) is 22.8. The number of fused-ring (bicyclic) bond motifs is 3. The average Bonchev–Trinajstić information content (AvgIpc) is 2.72. The average molecular weight is 377 g/mol. The molecular weight excluding hydrogens is 363 g/mol. The predicted molar refractivity (Wildman–Crippen MR) is 95.9 cm³/mol. The molecule has 0 N–H and O–H groups in total. The number of hydrogen-bond donors (Lipinski definition) is 0. The minimum atomic E-state index is -1.22. The van der Waals surface area contributed by atoms with Crippen molar-refractivity contribution in [1.82, 2.24) is 0 Å². The molecule has 1 amide bonds. The van der Waals surface area contributed by atoms with E-state index in [9.17, 15) is 13.7 Å². The van der Waals surface area contributed by atoms with Crippen molar-refractivity contribution in [2.45, 2.75) is 17.7 Å². The summed E-state index contributed by atoms with van der Waals surface area (Å²) >= 11 is 4.68. The van der Waals surface area contributed by atoms with Crippen molar-refractivity contribution in [3.8, 4) is 0 Å². The minimum absolute atomic E-state index is 0.137. The Morgan fingerprint density at radius 2 is 2.00 bits per heavy atom. The van der Waals surface area contributed by atoms with Gasteiger partial charge in [-0.2, -0.15) is 5.10 Å². The molecular formula is C18H14ClFN2O2S. The van der Waals surface area contributed by atoms with Gasteiger partial charge in [0.2, 0.25) is 5.91 Å². The van der Waals surface area contributed by atoms with E-state index in [2.05, 4.69) is 5.10 Å². The highest BCUT2D eigenvalue weighted by Crippen LogP contribution is 2.34. The summed E-state index contributed by atoms with van der Waals surface area (Å²) < 4.78 is 26.3. The zero-order chi connectivity index (χ0) is 17.6. The molecule has 0 aromatic heterocycles. The lowest BCUT2D eigenvalue weighted by atomic mass is 9.90. The van der Waals surface area contributed by atoms with Crippen LogP contribution in [0.4, 0.5) is 10.1 Å². The summed E-state index contributed by atoms with van der Waals surface area (Å²) in [6, 6.07) is 11.0. The number of hydrazone groups is 1. The van der Waals surface area contributed by atoms with Gasteiger partial charge >= 0.3 is 0 Å². The van der Waals surface area contributed by atoms with Gasteiger partial charge in [-0.1, -0.05) is 11.6 Å². The van der Waals surface area contributed by atoms with E-state index in [1.54, 1.807) is 30.3 Å². The number of carbonyl (C=O) groups excluding carboxylic acids is 1. The van der Waals surface area contributed by atoms with Crippen LogP contribution in [0, 0.1) is 11.7 Å². The first-order valence-electron chi connectivity index (χ1n) is 7.88. The van der Waals surface area contributed by atoms with Crippen LogP contribution in [0.2, 0.25) is 5.02 Å². The summed E-state index contributed by atoms with van der Waals surface area (Å²) in [7, 11) is 0. The SMILES string of the molecule is O=C1CC2CC[S+]([O-])c3ccc(F)cc3C2=NN1c1ccc(Cl)cc1. The lowest BCUT2D eigenvalue weighted by molar-refractivity contribution is -0.119. The molecule has 25 heavy (non-hydrogen) atoms. The standard InChI is InChI=1S/C18H14ClFN2O2S/c19-12-1-4-14(5-2-12)22-17(23)9-11-7-8-25(24)16-6-3-13(20)10-15(16)18(11)21-22/h1-6,10-11H,7-9H2. The lowest BCUT2D eigenvalue weighted by Crippen LogP contribution is -2.37. The van der Waals surface area contributed by atoms with E-state index >= 15 is 0 Å². The number of rotatable bonds is 1. The van der Waals surface area contributed by atoms with E-state index < -0.39 is 17.0 Å². The molecule has 128 valence electrons. The Morgan fingerprint density at radius 1 is 1.24 bits per heavy atom. The topological polar surface area (TPSA) is 55.7 Å². The Morgan fingerprint density at radius 3 is 2.76 bits per heavy atom. The molecule has 2 aromatic carbocycles. The fourth-order valence-corrected chi connectivity index (χ4v) is 4.67. The van der Waals surface area contributed by atoms with Gasteiger partial charge in [-0.25, -0.2) is 9.40 Å². The third-order valence-corrected chi connectivity index (χ3v) is 6.14. The monoisotopic (exact) mass is 376 g/mol. The van der Waals surface area contributed by atoms with Crippen molar-refractivity contribution in [3.05, 3.63) is 58.9 Å². The Balaban J connectivity index is 1.84. The van der Waals surface area contributed by atoms with Crippen molar-refractivity contribution in [2.75, 3.05) is 10.8 Å². The molecule has 2 aliphatic heterocycles. The Bertz CT molecular complexity index is 872. The fourth-order valence-electron chi connectivity index (χ4n) is 3.20. The summed E-state index contributed by atoms with van der Waals surface area (Å²) in [5.41, 5.74) is 1.76. The summed E-state index contributed by atoms with van der Waals surface area (Å²) in [4.78, 5) is 13.1. The smallest absolute Gasteiger partial charge is 0.248 e. The molecule has 2 atom stereocenters. The van der Waals surface area contributed by atoms with E-state index in [0.29, 0.717) is 39.1 Å². The third kappa shape index (κ3) is 3.05. The number of carbonyl (C=O) groups is 1. The van der Waals surface area contributed by atoms with E-state index in [1.165, 1.54) is 17.1 Å². The Kier molecular flexibility index (Phi) is 4.27. The van der Waals surface area contributed by atoms with Crippen LogP contribution in [0.15, 0.2) is 52.5 Å². The third-order valence-electron chi connectivity index (χ3n) is 4.44. The second-order valence-corrected chi connectivity index (χ2v) is 8.02. The van der Waals surface area contributed by atoms with Gasteiger partial charge in [-0.15, -0.1) is 0 Å². The van der Waals surface area contributed by atoms with Gasteiger partial charge in [0.05, 0.1) is 17.0 Å². The quantitative estimate of drug-likeness (QED) is 0.712. The van der Waals surface area contributed by atoms with Gasteiger partial charge in [0.1, 0.15) is 11.6 Å². The van der Waals surface area contributed by atoms with E-state index in [0.717, 1.165) is 0 Å². The molecule has 7 heteroatoms. The van der Waals surface area contributed by atoms with Crippen LogP contribution in [0.1, 0.15) is 18.4 Å². The second-order valence-electron chi connectivity index (χ2n) is 6.05. The highest BCUT2D eigenvalue weighted by atomic mass is 35.5. The molecule has 4 rings (SSSR count). The molecule has 0 aliphatic carbocycles. The number of anilines is 1. The first-order valence-corrected chi connectivity index (χ1v) is 9.58. The van der Waals surface area contributed by atoms with Crippen LogP contribution in [0.3, 0.4) is 0 Å². The summed E-state index contributed by atoms with van der Waals surface area (Å²) in [6.45, 7) is 0. The number of hydrogen-bond acceptors (Lipinski definition) is 3. The van der Waals surface area contributed by atoms with Gasteiger partial charge < -0.3 is 4.55 Å². The Labute approximate surface area is 152 Å². The molecule has 2 unspecified atom stereocenters. The lowest BCUT2D eigenvalue weighted by Gasteiger charge is -2.28. The van der Waals surface area contributed by atoms with E-state index in [4.69, 9.17) is 11.6 Å². The van der Waals surface area contributed by atoms with Crippen LogP contribution in [0.5, 0.6) is 0 Å². The molecule has 0 radical (unpaired) electrons. The first-order chi connectivity index (χ1) is 12.0. The molecule has 0 fully saturated rings. The zero-order valence-electron chi connectivity index (χ0n) is 13.1. The maximum atomic E-state index is 13.8. The molecule has 2 aromatic rings. The summed E-state index contributed by atoms with van der Waals surface area (Å²) in [6.07, 6.45) is 0.844. The van der Waals surface area contributed by atoms with Gasteiger partial charge in [-0.3, -0.25) is 4.79 Å². The Hall–Kier alpha value is -1.89. The van der Waals surface area contributed by atoms with Crippen molar-refractivity contribution in [1.29, 1.82) is 0 Å². The van der Waals surface area contributed by atoms with Gasteiger partial charge in [0.25, 0.3) is 0 Å². The van der Waals surface area contributed by atoms with Crippen LogP contribution in [-0.4, -0.2) is 21.9 Å². The summed E-state index contributed by atoms with van der Waals surface area (Å²) in [5.74, 6) is -0.255. The van der Waals surface area contributed by atoms with Crippen LogP contribution in [-0.2, 0) is 16.0 Å². The number of nitrogens with zero attached hydrogens (tertiary/aromatic N) is 2. The first kappa shape index (κ1) is 16.6. The number of halogens is 2. The minimum Gasteiger partial charge on any atom is -0.611 e. The fraction of sp³-hybridized carbons (Fsp3) is 0.222. The largest absolute Gasteiger partial charge is 0.611 e. The number of amides is 1.